The van der Waals surface area contributed by atoms with Crippen molar-refractivity contribution in [3.8, 4) is 5.75 Å². The van der Waals surface area contributed by atoms with Gasteiger partial charge in [-0.15, -0.1) is 0 Å². The summed E-state index contributed by atoms with van der Waals surface area (Å²) in [6.45, 7) is 5.54. The van der Waals surface area contributed by atoms with Gasteiger partial charge in [-0.2, -0.15) is 0 Å². The molecule has 0 aliphatic heterocycles. The van der Waals surface area contributed by atoms with Crippen LogP contribution in [0.5, 0.6) is 5.75 Å². The minimum Gasteiger partial charge on any atom is -0.488 e. The van der Waals surface area contributed by atoms with Gasteiger partial charge in [-0.1, -0.05) is 17.8 Å². The molecule has 0 saturated heterocycles. The van der Waals surface area contributed by atoms with E-state index in [2.05, 4.69) is 56.9 Å². The fraction of sp³-hybridized carbons (Fsp3) is 0.133. The number of ether oxygens (including phenoxy) is 1. The molecule has 6 nitrogen and oxygen atoms in total. The molecule has 120 valence electrons. The zero-order valence-corrected chi connectivity index (χ0v) is 16.4. The maximum absolute atomic E-state index is 11.1. The number of aryl methyl sites for hydroxylation is 1. The Kier molecular flexibility index (Phi) is 6.16. The van der Waals surface area contributed by atoms with Gasteiger partial charge >= 0.3 is 5.69 Å². The minimum absolute atomic E-state index is 0.107. The van der Waals surface area contributed by atoms with E-state index in [-0.39, 0.29) is 17.1 Å². The monoisotopic (exact) mass is 538 g/mol. The lowest BCUT2D eigenvalue weighted by Crippen LogP contribution is -1.98. The molecule has 0 aliphatic carbocycles. The zero-order chi connectivity index (χ0) is 17.0. The molecule has 1 aromatic heterocycles. The molecule has 0 saturated carbocycles. The third-order valence-corrected chi connectivity index (χ3v) is 4.26. The molecule has 0 unspecified atom stereocenters. The average molecular weight is 538 g/mol. The van der Waals surface area contributed by atoms with Crippen molar-refractivity contribution in [2.75, 3.05) is 6.61 Å². The van der Waals surface area contributed by atoms with Gasteiger partial charge in [0.25, 0.3) is 0 Å². The van der Waals surface area contributed by atoms with Gasteiger partial charge in [0.2, 0.25) is 5.76 Å². The van der Waals surface area contributed by atoms with Crippen LogP contribution >= 0.6 is 45.2 Å². The van der Waals surface area contributed by atoms with Gasteiger partial charge in [0, 0.05) is 9.13 Å². The Balaban J connectivity index is 2.43. The smallest absolute Gasteiger partial charge is 0.338 e. The zero-order valence-electron chi connectivity index (χ0n) is 12.1. The van der Waals surface area contributed by atoms with Crippen molar-refractivity contribution >= 4 is 63.0 Å². The summed E-state index contributed by atoms with van der Waals surface area (Å²) in [7, 11) is 0. The van der Waals surface area contributed by atoms with E-state index >= 15 is 0 Å². The highest BCUT2D eigenvalue weighted by molar-refractivity contribution is 14.1. The first-order chi connectivity index (χ1) is 10.9. The number of nitro groups is 1. The van der Waals surface area contributed by atoms with Crippen LogP contribution < -0.4 is 4.74 Å². The Hall–Kier alpha value is -1.43. The number of benzene rings is 1. The predicted molar refractivity (Wildman–Crippen MR) is 104 cm³/mol. The summed E-state index contributed by atoms with van der Waals surface area (Å²) in [6.07, 6.45) is 4.91. The van der Waals surface area contributed by atoms with E-state index in [0.717, 1.165) is 12.7 Å². The van der Waals surface area contributed by atoms with E-state index < -0.39 is 4.92 Å². The quantitative estimate of drug-likeness (QED) is 0.228. The first kappa shape index (κ1) is 17.9. The number of aromatic nitrogens is 1. The van der Waals surface area contributed by atoms with Crippen molar-refractivity contribution in [1.82, 2.24) is 5.16 Å². The number of hydrogen-bond acceptors (Lipinski definition) is 5. The van der Waals surface area contributed by atoms with E-state index in [1.54, 1.807) is 12.2 Å². The normalized spacial score (nSPS) is 10.9. The summed E-state index contributed by atoms with van der Waals surface area (Å²) < 4.78 is 12.7. The number of hydrogen-bond donors (Lipinski definition) is 0. The standard InChI is InChI=1S/C15H12I2N2O4/c1-3-6-22-15-10(7-11(16)8-12(15)17)4-5-13-14(19(20)21)9(2)18-23-13/h3-5,7-8H,1,6H2,2H3. The van der Waals surface area contributed by atoms with Crippen LogP contribution in [0.4, 0.5) is 5.69 Å². The van der Waals surface area contributed by atoms with Crippen molar-refractivity contribution in [2.24, 2.45) is 0 Å². The van der Waals surface area contributed by atoms with Crippen LogP contribution in [0.3, 0.4) is 0 Å². The van der Waals surface area contributed by atoms with Crippen LogP contribution in [0.25, 0.3) is 12.2 Å². The molecule has 0 amide bonds. The topological polar surface area (TPSA) is 78.4 Å². The molecule has 0 radical (unpaired) electrons. The summed E-state index contributed by atoms with van der Waals surface area (Å²) in [5.41, 5.74) is 0.914. The molecular formula is C15H12I2N2O4. The summed E-state index contributed by atoms with van der Waals surface area (Å²) in [4.78, 5) is 10.6. The Morgan fingerprint density at radius 2 is 2.17 bits per heavy atom. The van der Waals surface area contributed by atoms with Crippen molar-refractivity contribution in [3.05, 3.63) is 59.1 Å². The lowest BCUT2D eigenvalue weighted by atomic mass is 10.1. The lowest BCUT2D eigenvalue weighted by molar-refractivity contribution is -0.386. The van der Waals surface area contributed by atoms with Gasteiger partial charge in [0.05, 0.1) is 8.49 Å². The number of nitrogens with zero attached hydrogens (tertiary/aromatic N) is 2. The molecule has 0 atom stereocenters. The molecule has 1 heterocycles. The predicted octanol–water partition coefficient (Wildman–Crippen LogP) is 4.84. The first-order valence-electron chi connectivity index (χ1n) is 6.45. The molecule has 2 rings (SSSR count). The number of halogens is 2. The Morgan fingerprint density at radius 3 is 2.83 bits per heavy atom. The first-order valence-corrected chi connectivity index (χ1v) is 8.61. The molecule has 0 bridgehead atoms. The van der Waals surface area contributed by atoms with E-state index in [9.17, 15) is 10.1 Å². The van der Waals surface area contributed by atoms with E-state index in [4.69, 9.17) is 9.26 Å². The van der Waals surface area contributed by atoms with Gasteiger partial charge in [-0.3, -0.25) is 10.1 Å². The van der Waals surface area contributed by atoms with Gasteiger partial charge in [-0.25, -0.2) is 0 Å². The molecule has 1 aromatic carbocycles. The van der Waals surface area contributed by atoms with Crippen LogP contribution in [0.15, 0.2) is 29.3 Å². The molecule has 0 spiro atoms. The van der Waals surface area contributed by atoms with Crippen molar-refractivity contribution in [2.45, 2.75) is 6.92 Å². The number of rotatable bonds is 6. The van der Waals surface area contributed by atoms with Crippen LogP contribution in [0.2, 0.25) is 0 Å². The van der Waals surface area contributed by atoms with Crippen molar-refractivity contribution in [1.29, 1.82) is 0 Å². The van der Waals surface area contributed by atoms with Crippen LogP contribution in [0, 0.1) is 24.2 Å². The largest absolute Gasteiger partial charge is 0.488 e. The SMILES string of the molecule is C=CCOc1c(I)cc(I)cc1C=Cc1onc(C)c1[N+](=O)[O-]. The lowest BCUT2D eigenvalue weighted by Gasteiger charge is -2.10. The summed E-state index contributed by atoms with van der Waals surface area (Å²) in [5.74, 6) is 0.803. The second-order valence-corrected chi connectivity index (χ2v) is 6.88. The van der Waals surface area contributed by atoms with Crippen molar-refractivity contribution < 1.29 is 14.2 Å². The van der Waals surface area contributed by atoms with Crippen LogP contribution in [-0.4, -0.2) is 16.7 Å². The maximum Gasteiger partial charge on any atom is 0.338 e. The van der Waals surface area contributed by atoms with E-state index in [1.807, 2.05) is 12.1 Å². The Bertz CT molecular complexity index is 784. The third-order valence-electron chi connectivity index (χ3n) is 2.84. The van der Waals surface area contributed by atoms with Gasteiger partial charge < -0.3 is 9.26 Å². The fourth-order valence-corrected chi connectivity index (χ4v) is 3.92. The highest BCUT2D eigenvalue weighted by atomic mass is 127. The van der Waals surface area contributed by atoms with Crippen LogP contribution in [-0.2, 0) is 0 Å². The minimum atomic E-state index is -0.501. The second-order valence-electron chi connectivity index (χ2n) is 4.48. The second kappa shape index (κ2) is 7.90. The fourth-order valence-electron chi connectivity index (χ4n) is 1.88. The maximum atomic E-state index is 11.1. The Morgan fingerprint density at radius 1 is 1.43 bits per heavy atom. The molecule has 0 aliphatic rings. The third kappa shape index (κ3) is 4.31. The molecule has 23 heavy (non-hydrogen) atoms. The Labute approximate surface area is 160 Å². The molecule has 0 N–H and O–H groups in total. The summed E-state index contributed by atoms with van der Waals surface area (Å²) in [6, 6.07) is 3.91. The van der Waals surface area contributed by atoms with Gasteiger partial charge in [-0.05, 0) is 76.4 Å². The average Bonchev–Trinajstić information content (AvgIpc) is 2.85. The molecule has 2 aromatic rings. The highest BCUT2D eigenvalue weighted by Gasteiger charge is 2.22. The van der Waals surface area contributed by atoms with E-state index in [0.29, 0.717) is 12.4 Å². The van der Waals surface area contributed by atoms with Crippen molar-refractivity contribution in [3.63, 3.8) is 0 Å². The molecular weight excluding hydrogens is 526 g/mol. The highest BCUT2D eigenvalue weighted by Crippen LogP contribution is 2.31. The summed E-state index contributed by atoms with van der Waals surface area (Å²) >= 11 is 4.39. The van der Waals surface area contributed by atoms with Crippen LogP contribution in [0.1, 0.15) is 17.0 Å². The molecule has 0 fully saturated rings. The molecule has 8 heteroatoms. The van der Waals surface area contributed by atoms with Gasteiger partial charge in [0.1, 0.15) is 12.4 Å². The summed E-state index contributed by atoms with van der Waals surface area (Å²) in [5, 5.41) is 14.7. The van der Waals surface area contributed by atoms with Gasteiger partial charge in [0.15, 0.2) is 5.69 Å². The van der Waals surface area contributed by atoms with E-state index in [1.165, 1.54) is 13.0 Å².